The molecule has 4 heteroatoms. The Labute approximate surface area is 110 Å². The molecule has 1 fully saturated rings. The molecule has 0 bridgehead atoms. The molecule has 1 unspecified atom stereocenters. The van der Waals surface area contributed by atoms with Crippen molar-refractivity contribution < 1.29 is 14.6 Å². The Kier molecular flexibility index (Phi) is 4.01. The molecule has 106 valence electrons. The van der Waals surface area contributed by atoms with Crippen molar-refractivity contribution in [3.8, 4) is 0 Å². The minimum atomic E-state index is -0.505. The van der Waals surface area contributed by atoms with E-state index in [2.05, 4.69) is 20.8 Å². The van der Waals surface area contributed by atoms with Crippen molar-refractivity contribution in [2.75, 3.05) is 13.2 Å². The second-order valence-corrected chi connectivity index (χ2v) is 7.18. The minimum absolute atomic E-state index is 0.0181. The lowest BCUT2D eigenvalue weighted by Crippen LogP contribution is -2.58. The van der Waals surface area contributed by atoms with Gasteiger partial charge in [-0.3, -0.25) is 4.90 Å². The normalized spacial score (nSPS) is 25.4. The van der Waals surface area contributed by atoms with Crippen LogP contribution < -0.4 is 0 Å². The summed E-state index contributed by atoms with van der Waals surface area (Å²) in [4.78, 5) is 14.0. The van der Waals surface area contributed by atoms with Crippen LogP contribution >= 0.6 is 0 Å². The summed E-state index contributed by atoms with van der Waals surface area (Å²) >= 11 is 0. The lowest BCUT2D eigenvalue weighted by molar-refractivity contribution is -0.0419. The predicted octanol–water partition coefficient (Wildman–Crippen LogP) is 2.79. The Morgan fingerprint density at radius 1 is 1.28 bits per heavy atom. The van der Waals surface area contributed by atoms with Crippen LogP contribution in [0.25, 0.3) is 0 Å². The van der Waals surface area contributed by atoms with E-state index < -0.39 is 11.1 Å². The van der Waals surface area contributed by atoms with Crippen molar-refractivity contribution in [2.24, 2.45) is 5.41 Å². The van der Waals surface area contributed by atoms with Crippen molar-refractivity contribution in [3.63, 3.8) is 0 Å². The van der Waals surface area contributed by atoms with Gasteiger partial charge >= 0.3 is 6.09 Å². The summed E-state index contributed by atoms with van der Waals surface area (Å²) in [6, 6.07) is 0. The van der Waals surface area contributed by atoms with E-state index in [-0.39, 0.29) is 18.1 Å². The monoisotopic (exact) mass is 257 g/mol. The first-order valence-electron chi connectivity index (χ1n) is 6.65. The molecular weight excluding hydrogens is 230 g/mol. The van der Waals surface area contributed by atoms with Crippen molar-refractivity contribution in [2.45, 2.75) is 65.5 Å². The maximum absolute atomic E-state index is 12.3. The van der Waals surface area contributed by atoms with E-state index in [0.29, 0.717) is 6.54 Å². The quantitative estimate of drug-likeness (QED) is 0.786. The topological polar surface area (TPSA) is 49.8 Å². The van der Waals surface area contributed by atoms with Crippen LogP contribution in [0.4, 0.5) is 4.79 Å². The second kappa shape index (κ2) is 4.72. The molecule has 18 heavy (non-hydrogen) atoms. The summed E-state index contributed by atoms with van der Waals surface area (Å²) in [5.74, 6) is 0. The highest BCUT2D eigenvalue weighted by molar-refractivity contribution is 5.70. The molecule has 1 atom stereocenters. The zero-order chi connectivity index (χ0) is 14.2. The molecule has 0 radical (unpaired) electrons. The van der Waals surface area contributed by atoms with Crippen molar-refractivity contribution in [3.05, 3.63) is 0 Å². The smallest absolute Gasteiger partial charge is 0.410 e. The average Bonchev–Trinajstić information content (AvgIpc) is 2.58. The zero-order valence-corrected chi connectivity index (χ0v) is 12.5. The number of carbonyl (C=O) groups excluding carboxylic acids is 1. The number of aliphatic hydroxyl groups excluding tert-OH is 1. The third-order valence-corrected chi connectivity index (χ3v) is 3.76. The van der Waals surface area contributed by atoms with Crippen LogP contribution in [0.15, 0.2) is 0 Å². The Balaban J connectivity index is 2.97. The number of nitrogens with zero attached hydrogens (tertiary/aromatic N) is 1. The Morgan fingerprint density at radius 2 is 1.83 bits per heavy atom. The fourth-order valence-corrected chi connectivity index (χ4v) is 2.64. The number of hydrogen-bond acceptors (Lipinski definition) is 3. The first kappa shape index (κ1) is 15.3. The molecule has 1 N–H and O–H groups in total. The molecule has 1 amide bonds. The first-order chi connectivity index (χ1) is 8.03. The second-order valence-electron chi connectivity index (χ2n) is 7.18. The van der Waals surface area contributed by atoms with Crippen LogP contribution in [-0.4, -0.2) is 40.4 Å². The van der Waals surface area contributed by atoms with Gasteiger partial charge in [0.25, 0.3) is 0 Å². The lowest BCUT2D eigenvalue weighted by atomic mass is 9.72. The van der Waals surface area contributed by atoms with Gasteiger partial charge in [0, 0.05) is 6.54 Å². The van der Waals surface area contributed by atoms with Gasteiger partial charge in [-0.15, -0.1) is 0 Å². The predicted molar refractivity (Wildman–Crippen MR) is 71.4 cm³/mol. The maximum atomic E-state index is 12.3. The van der Waals surface area contributed by atoms with E-state index in [1.165, 1.54) is 0 Å². The van der Waals surface area contributed by atoms with Gasteiger partial charge in [-0.05, 0) is 39.0 Å². The molecule has 1 rings (SSSR count). The number of aliphatic hydroxyl groups is 1. The maximum Gasteiger partial charge on any atom is 0.410 e. The van der Waals surface area contributed by atoms with Gasteiger partial charge < -0.3 is 9.84 Å². The van der Waals surface area contributed by atoms with Crippen molar-refractivity contribution in [1.82, 2.24) is 4.90 Å². The fraction of sp³-hybridized carbons (Fsp3) is 0.929. The number of likely N-dealkylation sites (tertiary alicyclic amines) is 1. The largest absolute Gasteiger partial charge is 0.444 e. The van der Waals surface area contributed by atoms with Crippen LogP contribution in [0.1, 0.15) is 54.4 Å². The summed E-state index contributed by atoms with van der Waals surface area (Å²) < 4.78 is 5.45. The summed E-state index contributed by atoms with van der Waals surface area (Å²) in [7, 11) is 0. The van der Waals surface area contributed by atoms with Crippen molar-refractivity contribution >= 4 is 6.09 Å². The van der Waals surface area contributed by atoms with Crippen LogP contribution in [-0.2, 0) is 4.74 Å². The number of amides is 1. The van der Waals surface area contributed by atoms with Gasteiger partial charge in [0.2, 0.25) is 0 Å². The highest BCUT2D eigenvalue weighted by Gasteiger charge is 2.52. The van der Waals surface area contributed by atoms with Crippen LogP contribution in [0, 0.1) is 5.41 Å². The average molecular weight is 257 g/mol. The van der Waals surface area contributed by atoms with E-state index in [1.54, 1.807) is 4.90 Å². The van der Waals surface area contributed by atoms with E-state index >= 15 is 0 Å². The van der Waals surface area contributed by atoms with Gasteiger partial charge in [-0.2, -0.15) is 0 Å². The SMILES string of the molecule is CC(C)(C)OC(=O)N1CCCC1(CO)C(C)(C)C. The Hall–Kier alpha value is -0.770. The van der Waals surface area contributed by atoms with Crippen LogP contribution in [0.5, 0.6) is 0 Å². The molecule has 0 saturated carbocycles. The number of carbonyl (C=O) groups is 1. The van der Waals surface area contributed by atoms with E-state index in [4.69, 9.17) is 4.74 Å². The van der Waals surface area contributed by atoms with E-state index in [0.717, 1.165) is 12.8 Å². The van der Waals surface area contributed by atoms with Gasteiger partial charge in [0.05, 0.1) is 12.1 Å². The van der Waals surface area contributed by atoms with Crippen molar-refractivity contribution in [1.29, 1.82) is 0 Å². The molecule has 1 heterocycles. The molecular formula is C14H27NO3. The number of ether oxygens (including phenoxy) is 1. The van der Waals surface area contributed by atoms with Gasteiger partial charge in [0.15, 0.2) is 0 Å². The number of rotatable bonds is 1. The summed E-state index contributed by atoms with van der Waals surface area (Å²) in [5, 5.41) is 9.82. The molecule has 0 aromatic rings. The standard InChI is InChI=1S/C14H27NO3/c1-12(2,3)14(10-16)8-7-9-15(14)11(17)18-13(4,5)6/h16H,7-10H2,1-6H3. The number of hydrogen-bond donors (Lipinski definition) is 1. The van der Waals surface area contributed by atoms with Crippen LogP contribution in [0.2, 0.25) is 0 Å². The fourth-order valence-electron chi connectivity index (χ4n) is 2.64. The summed E-state index contributed by atoms with van der Waals surface area (Å²) in [6.45, 7) is 12.4. The van der Waals surface area contributed by atoms with Gasteiger partial charge in [-0.25, -0.2) is 4.79 Å². The molecule has 0 aromatic heterocycles. The first-order valence-corrected chi connectivity index (χ1v) is 6.65. The lowest BCUT2D eigenvalue weighted by Gasteiger charge is -2.47. The van der Waals surface area contributed by atoms with Gasteiger partial charge in [0.1, 0.15) is 5.60 Å². The molecule has 1 aliphatic rings. The zero-order valence-electron chi connectivity index (χ0n) is 12.5. The Morgan fingerprint density at radius 3 is 2.22 bits per heavy atom. The summed E-state index contributed by atoms with van der Waals surface area (Å²) in [6.07, 6.45) is 1.42. The molecule has 0 aromatic carbocycles. The van der Waals surface area contributed by atoms with Crippen LogP contribution in [0.3, 0.4) is 0 Å². The molecule has 1 aliphatic heterocycles. The third kappa shape index (κ3) is 2.79. The van der Waals surface area contributed by atoms with E-state index in [9.17, 15) is 9.90 Å². The highest BCUT2D eigenvalue weighted by Crippen LogP contribution is 2.43. The highest BCUT2D eigenvalue weighted by atomic mass is 16.6. The molecule has 0 spiro atoms. The van der Waals surface area contributed by atoms with Gasteiger partial charge in [-0.1, -0.05) is 20.8 Å². The van der Waals surface area contributed by atoms with E-state index in [1.807, 2.05) is 20.8 Å². The molecule has 0 aliphatic carbocycles. The Bertz CT molecular complexity index is 314. The molecule has 4 nitrogen and oxygen atoms in total. The molecule has 1 saturated heterocycles. The minimum Gasteiger partial charge on any atom is -0.444 e. The summed E-state index contributed by atoms with van der Waals surface area (Å²) in [5.41, 5.74) is -1.18. The third-order valence-electron chi connectivity index (χ3n) is 3.76.